The van der Waals surface area contributed by atoms with Crippen molar-refractivity contribution in [2.45, 2.75) is 20.3 Å². The van der Waals surface area contributed by atoms with Crippen molar-refractivity contribution in [1.29, 1.82) is 0 Å². The van der Waals surface area contributed by atoms with E-state index in [9.17, 15) is 22.8 Å². The Morgan fingerprint density at radius 2 is 1.93 bits per heavy atom. The lowest BCUT2D eigenvalue weighted by atomic mass is 9.87. The fraction of sp³-hybridized carbons (Fsp3) is 0.238. The van der Waals surface area contributed by atoms with Crippen molar-refractivity contribution in [1.82, 2.24) is 4.90 Å². The number of halogens is 3. The van der Waals surface area contributed by atoms with Crippen molar-refractivity contribution < 1.29 is 22.8 Å². The minimum absolute atomic E-state index is 0. The molecule has 148 valence electrons. The van der Waals surface area contributed by atoms with Gasteiger partial charge in [-0.25, -0.2) is 13.2 Å². The van der Waals surface area contributed by atoms with Crippen LogP contribution in [-0.2, 0) is 9.59 Å². The van der Waals surface area contributed by atoms with E-state index in [0.717, 1.165) is 6.07 Å². The Bertz CT molecular complexity index is 930. The number of amides is 2. The highest BCUT2D eigenvalue weighted by Crippen LogP contribution is 2.35. The van der Waals surface area contributed by atoms with E-state index in [4.69, 9.17) is 0 Å². The van der Waals surface area contributed by atoms with Crippen LogP contribution in [0.2, 0.25) is 0 Å². The van der Waals surface area contributed by atoms with E-state index in [0.29, 0.717) is 11.1 Å². The van der Waals surface area contributed by atoms with Gasteiger partial charge >= 0.3 is 0 Å². The zero-order valence-electron chi connectivity index (χ0n) is 14.5. The number of nitrogens with one attached hydrogen (secondary N) is 1. The number of hydrogen-bond acceptors (Lipinski definition) is 2. The lowest BCUT2D eigenvalue weighted by molar-refractivity contribution is -0.134. The fourth-order valence-electron chi connectivity index (χ4n) is 3.17. The lowest BCUT2D eigenvalue weighted by Crippen LogP contribution is -2.32. The Labute approximate surface area is 161 Å². The molecule has 0 radical (unpaired) electrons. The molecule has 2 aromatic rings. The second kappa shape index (κ2) is 8.29. The van der Waals surface area contributed by atoms with E-state index < -0.39 is 41.1 Å². The van der Waals surface area contributed by atoms with Crippen LogP contribution in [-0.4, -0.2) is 23.3 Å². The van der Waals surface area contributed by atoms with Crippen LogP contribution in [0.25, 0.3) is 0 Å². The fourth-order valence-corrected chi connectivity index (χ4v) is 3.17. The SMILES string of the molecule is C.C=CN1C[C@H](c2ccc(C)c(F)c2)[C@@H](C(=O)Nc2cccc(F)c2F)C1=O. The first kappa shape index (κ1) is 21.2. The number of carbonyl (C=O) groups is 2. The Hall–Kier alpha value is -3.09. The Morgan fingerprint density at radius 3 is 2.57 bits per heavy atom. The third kappa shape index (κ3) is 3.78. The lowest BCUT2D eigenvalue weighted by Gasteiger charge is -2.17. The molecule has 2 aromatic carbocycles. The summed E-state index contributed by atoms with van der Waals surface area (Å²) in [7, 11) is 0. The van der Waals surface area contributed by atoms with Crippen molar-refractivity contribution in [2.24, 2.45) is 5.92 Å². The number of anilines is 1. The first-order valence-corrected chi connectivity index (χ1v) is 8.27. The van der Waals surface area contributed by atoms with Crippen molar-refractivity contribution in [2.75, 3.05) is 11.9 Å². The quantitative estimate of drug-likeness (QED) is 0.788. The van der Waals surface area contributed by atoms with Crippen molar-refractivity contribution >= 4 is 17.5 Å². The van der Waals surface area contributed by atoms with Gasteiger partial charge in [-0.3, -0.25) is 9.59 Å². The smallest absolute Gasteiger partial charge is 0.239 e. The maximum atomic E-state index is 14.0. The molecular formula is C21H21F3N2O2. The monoisotopic (exact) mass is 390 g/mol. The average Bonchev–Trinajstić information content (AvgIpc) is 2.98. The molecule has 1 heterocycles. The van der Waals surface area contributed by atoms with E-state index >= 15 is 0 Å². The summed E-state index contributed by atoms with van der Waals surface area (Å²) in [5, 5.41) is 2.26. The molecule has 1 fully saturated rings. The molecule has 0 unspecified atom stereocenters. The zero-order valence-corrected chi connectivity index (χ0v) is 14.5. The number of aryl methyl sites for hydroxylation is 1. The molecule has 1 aliphatic rings. The Balaban J connectivity index is 0.00000280. The molecule has 0 aliphatic carbocycles. The first-order valence-electron chi connectivity index (χ1n) is 8.27. The molecule has 2 atom stereocenters. The number of nitrogens with zero attached hydrogens (tertiary/aromatic N) is 1. The van der Waals surface area contributed by atoms with Crippen molar-refractivity contribution in [3.63, 3.8) is 0 Å². The Kier molecular flexibility index (Phi) is 6.28. The summed E-state index contributed by atoms with van der Waals surface area (Å²) in [5.74, 6) is -5.97. The number of hydrogen-bond donors (Lipinski definition) is 1. The molecule has 3 rings (SSSR count). The van der Waals surface area contributed by atoms with Gasteiger partial charge in [-0.1, -0.05) is 32.2 Å². The van der Waals surface area contributed by atoms with Crippen LogP contribution < -0.4 is 5.32 Å². The third-order valence-corrected chi connectivity index (χ3v) is 4.68. The van der Waals surface area contributed by atoms with Gasteiger partial charge < -0.3 is 10.2 Å². The topological polar surface area (TPSA) is 49.4 Å². The molecule has 7 heteroatoms. The minimum atomic E-state index is -1.22. The summed E-state index contributed by atoms with van der Waals surface area (Å²) in [4.78, 5) is 26.6. The number of benzene rings is 2. The highest BCUT2D eigenvalue weighted by atomic mass is 19.2. The van der Waals surface area contributed by atoms with Gasteiger partial charge in [0.1, 0.15) is 11.7 Å². The van der Waals surface area contributed by atoms with Crippen LogP contribution in [0.15, 0.2) is 49.2 Å². The molecule has 1 N–H and O–H groups in total. The van der Waals surface area contributed by atoms with Gasteiger partial charge in [0.25, 0.3) is 0 Å². The molecule has 0 spiro atoms. The van der Waals surface area contributed by atoms with E-state index in [2.05, 4.69) is 11.9 Å². The van der Waals surface area contributed by atoms with Gasteiger partial charge in [0.2, 0.25) is 11.8 Å². The molecule has 0 saturated carbocycles. The van der Waals surface area contributed by atoms with Crippen LogP contribution >= 0.6 is 0 Å². The summed E-state index contributed by atoms with van der Waals surface area (Å²) < 4.78 is 41.2. The molecule has 28 heavy (non-hydrogen) atoms. The van der Waals surface area contributed by atoms with Gasteiger partial charge in [-0.15, -0.1) is 0 Å². The van der Waals surface area contributed by atoms with Gasteiger partial charge in [-0.2, -0.15) is 0 Å². The molecule has 2 amide bonds. The summed E-state index contributed by atoms with van der Waals surface area (Å²) in [6, 6.07) is 7.85. The second-order valence-corrected chi connectivity index (χ2v) is 6.36. The van der Waals surface area contributed by atoms with E-state index in [1.54, 1.807) is 19.1 Å². The third-order valence-electron chi connectivity index (χ3n) is 4.68. The highest BCUT2D eigenvalue weighted by molar-refractivity contribution is 6.08. The standard InChI is InChI=1S/C20H17F3N2O2.CH4/c1-3-25-10-13(12-8-7-11(2)15(22)9-12)17(20(25)27)19(26)24-16-6-4-5-14(21)18(16)23;/h3-9,13,17H,1,10H2,2H3,(H,24,26);1H4/t13-,17+;/m1./s1. The molecule has 4 nitrogen and oxygen atoms in total. The highest BCUT2D eigenvalue weighted by Gasteiger charge is 2.45. The van der Waals surface area contributed by atoms with E-state index in [1.165, 1.54) is 29.3 Å². The molecule has 0 bridgehead atoms. The summed E-state index contributed by atoms with van der Waals surface area (Å²) in [5.41, 5.74) is 0.542. The molecule has 0 aromatic heterocycles. The number of carbonyl (C=O) groups excluding carboxylic acids is 2. The largest absolute Gasteiger partial charge is 0.323 e. The van der Waals surface area contributed by atoms with E-state index in [-0.39, 0.29) is 19.7 Å². The molecular weight excluding hydrogens is 369 g/mol. The van der Waals surface area contributed by atoms with Crippen molar-refractivity contribution in [3.8, 4) is 0 Å². The van der Waals surface area contributed by atoms with Gasteiger partial charge in [0, 0.05) is 12.5 Å². The maximum Gasteiger partial charge on any atom is 0.239 e. The predicted molar refractivity (Wildman–Crippen MR) is 101 cm³/mol. The number of rotatable bonds is 4. The first-order chi connectivity index (χ1) is 12.8. The van der Waals surface area contributed by atoms with Gasteiger partial charge in [0.05, 0.1) is 5.69 Å². The number of likely N-dealkylation sites (tertiary alicyclic amines) is 1. The predicted octanol–water partition coefficient (Wildman–Crippen LogP) is 4.37. The maximum absolute atomic E-state index is 14.0. The summed E-state index contributed by atoms with van der Waals surface area (Å²) >= 11 is 0. The summed E-state index contributed by atoms with van der Waals surface area (Å²) in [6.07, 6.45) is 1.29. The van der Waals surface area contributed by atoms with E-state index in [1.807, 2.05) is 0 Å². The van der Waals surface area contributed by atoms with Crippen molar-refractivity contribution in [3.05, 3.63) is 77.8 Å². The zero-order chi connectivity index (χ0) is 19.7. The van der Waals surface area contributed by atoms with Gasteiger partial charge in [0.15, 0.2) is 11.6 Å². The normalized spacial score (nSPS) is 18.6. The molecule has 1 aliphatic heterocycles. The summed E-state index contributed by atoms with van der Waals surface area (Å²) in [6.45, 7) is 5.28. The van der Waals surface area contributed by atoms with Crippen LogP contribution in [0.1, 0.15) is 24.5 Å². The van der Waals surface area contributed by atoms with Crippen LogP contribution in [0.5, 0.6) is 0 Å². The minimum Gasteiger partial charge on any atom is -0.323 e. The Morgan fingerprint density at radius 1 is 1.21 bits per heavy atom. The second-order valence-electron chi connectivity index (χ2n) is 6.36. The van der Waals surface area contributed by atoms with Crippen LogP contribution in [0.3, 0.4) is 0 Å². The van der Waals surface area contributed by atoms with Crippen LogP contribution in [0.4, 0.5) is 18.9 Å². The molecule has 1 saturated heterocycles. The van der Waals surface area contributed by atoms with Crippen LogP contribution in [0, 0.1) is 30.3 Å². The van der Waals surface area contributed by atoms with Gasteiger partial charge in [-0.05, 0) is 42.4 Å². The average molecular weight is 390 g/mol.